The highest BCUT2D eigenvalue weighted by Gasteiger charge is 2.59. The molecule has 0 amide bonds. The van der Waals surface area contributed by atoms with E-state index in [2.05, 4.69) is 16.3 Å². The van der Waals surface area contributed by atoms with Crippen LogP contribution < -0.4 is 0 Å². The Morgan fingerprint density at radius 3 is 1.62 bits per heavy atom. The fraction of sp³-hybridized carbons (Fsp3) is 1.00. The largest absolute Gasteiger partial charge is 0.428 e. The van der Waals surface area contributed by atoms with Gasteiger partial charge in [-0.15, -0.1) is 0 Å². The first-order chi connectivity index (χ1) is 5.57. The molecule has 0 aromatic carbocycles. The van der Waals surface area contributed by atoms with Crippen molar-refractivity contribution in [3.63, 3.8) is 0 Å². The molecule has 2 atom stereocenters. The minimum atomic E-state index is -5.84. The molecule has 0 spiro atoms. The molecule has 13 heavy (non-hydrogen) atoms. The van der Waals surface area contributed by atoms with Gasteiger partial charge in [0.2, 0.25) is 0 Å². The first-order valence-electron chi connectivity index (χ1n) is 2.62. The Kier molecular flexibility index (Phi) is 3.80. The summed E-state index contributed by atoms with van der Waals surface area (Å²) < 4.78 is 83.6. The van der Waals surface area contributed by atoms with Crippen LogP contribution in [0, 0.1) is 0 Å². The van der Waals surface area contributed by atoms with Crippen molar-refractivity contribution in [2.24, 2.45) is 0 Å². The standard InChI is InChI=1S/C4H2ClF7O/c5-2(7)13-4(11,12)1(6)3(8,9)10/h1-2H/t1-,2+/m0/s1. The Balaban J connectivity index is 4.45. The number of ether oxygens (including phenoxy) is 1. The molecule has 0 N–H and O–H groups in total. The number of hydrogen-bond donors (Lipinski definition) is 0. The van der Waals surface area contributed by atoms with Gasteiger partial charge in [0.15, 0.2) is 0 Å². The normalized spacial score (nSPS) is 18.5. The third kappa shape index (κ3) is 3.99. The summed E-state index contributed by atoms with van der Waals surface area (Å²) in [6, 6.07) is 0. The van der Waals surface area contributed by atoms with Gasteiger partial charge in [-0.05, 0) is 0 Å². The second-order valence-electron chi connectivity index (χ2n) is 1.84. The molecule has 0 unspecified atom stereocenters. The first kappa shape index (κ1) is 12.8. The lowest BCUT2D eigenvalue weighted by Gasteiger charge is -2.22. The Labute approximate surface area is 72.4 Å². The van der Waals surface area contributed by atoms with E-state index in [0.29, 0.717) is 0 Å². The highest BCUT2D eigenvalue weighted by Crippen LogP contribution is 2.36. The van der Waals surface area contributed by atoms with Gasteiger partial charge in [-0.3, -0.25) is 4.74 Å². The molecule has 0 heterocycles. The fourth-order valence-electron chi connectivity index (χ4n) is 0.369. The van der Waals surface area contributed by atoms with E-state index < -0.39 is 24.3 Å². The van der Waals surface area contributed by atoms with E-state index in [1.807, 2.05) is 0 Å². The van der Waals surface area contributed by atoms with E-state index in [1.165, 1.54) is 0 Å². The average Bonchev–Trinajstić information content (AvgIpc) is 1.80. The molecular formula is C4H2ClF7O. The van der Waals surface area contributed by atoms with Crippen molar-refractivity contribution in [1.29, 1.82) is 0 Å². The second-order valence-corrected chi connectivity index (χ2v) is 2.19. The van der Waals surface area contributed by atoms with E-state index in [0.717, 1.165) is 0 Å². The highest BCUT2D eigenvalue weighted by molar-refractivity contribution is 6.18. The maximum absolute atomic E-state index is 11.9. The maximum atomic E-state index is 11.9. The predicted octanol–water partition coefficient (Wildman–Crippen LogP) is 2.99. The van der Waals surface area contributed by atoms with Gasteiger partial charge < -0.3 is 0 Å². The number of rotatable bonds is 3. The lowest BCUT2D eigenvalue weighted by molar-refractivity contribution is -0.350. The maximum Gasteiger partial charge on any atom is 0.428 e. The molecule has 0 aliphatic carbocycles. The zero-order valence-corrected chi connectivity index (χ0v) is 6.34. The summed E-state index contributed by atoms with van der Waals surface area (Å²) in [4.78, 5) is 0. The molecule has 0 saturated carbocycles. The van der Waals surface area contributed by atoms with Gasteiger partial charge in [0, 0.05) is 0 Å². The third-order valence-electron chi connectivity index (χ3n) is 0.829. The van der Waals surface area contributed by atoms with Crippen LogP contribution in [-0.2, 0) is 4.74 Å². The van der Waals surface area contributed by atoms with Crippen molar-refractivity contribution in [1.82, 2.24) is 0 Å². The van der Waals surface area contributed by atoms with Gasteiger partial charge in [-0.2, -0.15) is 26.3 Å². The number of alkyl halides is 8. The fourth-order valence-corrected chi connectivity index (χ4v) is 0.488. The monoisotopic (exact) mass is 234 g/mol. The Bertz CT molecular complexity index is 166. The second kappa shape index (κ2) is 3.87. The van der Waals surface area contributed by atoms with Gasteiger partial charge >= 0.3 is 12.3 Å². The van der Waals surface area contributed by atoms with E-state index >= 15 is 0 Å². The topological polar surface area (TPSA) is 9.23 Å². The molecule has 0 rings (SSSR count). The lowest BCUT2D eigenvalue weighted by Crippen LogP contribution is -2.44. The van der Waals surface area contributed by atoms with E-state index in [9.17, 15) is 30.7 Å². The minimum absolute atomic E-state index is 2.60. The van der Waals surface area contributed by atoms with Crippen LogP contribution in [0.4, 0.5) is 30.7 Å². The van der Waals surface area contributed by atoms with Crippen LogP contribution in [0.1, 0.15) is 0 Å². The summed E-state index contributed by atoms with van der Waals surface area (Å²) in [6.07, 6.45) is -15.8. The molecule has 1 nitrogen and oxygen atoms in total. The zero-order chi connectivity index (χ0) is 10.9. The van der Waals surface area contributed by atoms with Crippen LogP contribution in [0.5, 0.6) is 0 Å². The van der Waals surface area contributed by atoms with Crippen LogP contribution in [0.3, 0.4) is 0 Å². The van der Waals surface area contributed by atoms with Crippen LogP contribution >= 0.6 is 11.6 Å². The Hall–Kier alpha value is -0.240. The predicted molar refractivity (Wildman–Crippen MR) is 27.7 cm³/mol. The molecule has 0 bridgehead atoms. The molecule has 0 aromatic heterocycles. The number of halogens is 8. The molecule has 0 radical (unpaired) electrons. The smallest absolute Gasteiger partial charge is 0.269 e. The van der Waals surface area contributed by atoms with Crippen LogP contribution in [0.15, 0.2) is 0 Å². The van der Waals surface area contributed by atoms with Gasteiger partial charge in [0.05, 0.1) is 0 Å². The number of hydrogen-bond acceptors (Lipinski definition) is 1. The zero-order valence-electron chi connectivity index (χ0n) is 5.59. The summed E-state index contributed by atoms with van der Waals surface area (Å²) in [7, 11) is 0. The van der Waals surface area contributed by atoms with Crippen molar-refractivity contribution < 1.29 is 35.5 Å². The summed E-state index contributed by atoms with van der Waals surface area (Å²) in [5.41, 5.74) is 0. The van der Waals surface area contributed by atoms with E-state index in [1.54, 1.807) is 0 Å². The lowest BCUT2D eigenvalue weighted by atomic mass is 10.3. The Morgan fingerprint density at radius 2 is 1.38 bits per heavy atom. The van der Waals surface area contributed by atoms with Gasteiger partial charge in [0.1, 0.15) is 0 Å². The van der Waals surface area contributed by atoms with Crippen molar-refractivity contribution in [3.8, 4) is 0 Å². The molecule has 80 valence electrons. The molecule has 0 aliphatic heterocycles. The minimum Gasteiger partial charge on any atom is -0.269 e. The Morgan fingerprint density at radius 1 is 1.00 bits per heavy atom. The van der Waals surface area contributed by atoms with Crippen LogP contribution in [0.2, 0.25) is 0 Å². The summed E-state index contributed by atoms with van der Waals surface area (Å²) >= 11 is 4.15. The third-order valence-corrected chi connectivity index (χ3v) is 0.918. The van der Waals surface area contributed by atoms with Gasteiger partial charge in [-0.1, -0.05) is 11.6 Å². The van der Waals surface area contributed by atoms with Crippen LogP contribution in [0.25, 0.3) is 0 Å². The van der Waals surface area contributed by atoms with E-state index in [-0.39, 0.29) is 0 Å². The molecule has 9 heteroatoms. The van der Waals surface area contributed by atoms with Crippen molar-refractivity contribution >= 4 is 11.6 Å². The van der Waals surface area contributed by atoms with Crippen molar-refractivity contribution in [3.05, 3.63) is 0 Å². The summed E-state index contributed by atoms with van der Waals surface area (Å²) in [5, 5.41) is 0. The van der Waals surface area contributed by atoms with Gasteiger partial charge in [-0.25, -0.2) is 4.39 Å². The molecule has 0 aliphatic rings. The SMILES string of the molecule is F[C@@H](Cl)OC(F)(F)[C@@H](F)C(F)(F)F. The van der Waals surface area contributed by atoms with Gasteiger partial charge in [0.25, 0.3) is 12.0 Å². The van der Waals surface area contributed by atoms with E-state index in [4.69, 9.17) is 0 Å². The van der Waals surface area contributed by atoms with Crippen LogP contribution in [-0.4, -0.2) is 24.3 Å². The molecule has 0 aromatic rings. The van der Waals surface area contributed by atoms with Crippen molar-refractivity contribution in [2.75, 3.05) is 0 Å². The molecule has 0 saturated heterocycles. The molecule has 0 fully saturated rings. The highest BCUT2D eigenvalue weighted by atomic mass is 35.5. The quantitative estimate of drug-likeness (QED) is 0.539. The summed E-state index contributed by atoms with van der Waals surface area (Å²) in [6.45, 7) is 0. The molecular weight excluding hydrogens is 232 g/mol. The first-order valence-corrected chi connectivity index (χ1v) is 3.05. The average molecular weight is 234 g/mol. The summed E-state index contributed by atoms with van der Waals surface area (Å²) in [5.74, 6) is -3.21. The van der Waals surface area contributed by atoms with Crippen molar-refractivity contribution in [2.45, 2.75) is 24.3 Å².